The first-order valence-electron chi connectivity index (χ1n) is 14.3. The van der Waals surface area contributed by atoms with E-state index < -0.39 is 38.0 Å². The van der Waals surface area contributed by atoms with Crippen molar-refractivity contribution in [2.45, 2.75) is 117 Å². The van der Waals surface area contributed by atoms with E-state index in [9.17, 15) is 14.4 Å². The van der Waals surface area contributed by atoms with E-state index in [1.54, 1.807) is 20.8 Å². The van der Waals surface area contributed by atoms with E-state index in [0.717, 1.165) is 30.6 Å². The molecule has 0 unspecified atom stereocenters. The maximum Gasteiger partial charge on any atom is 0.408 e. The molecule has 0 aliphatic carbocycles. The molecule has 1 aliphatic rings. The average molecular weight is 562 g/mol. The van der Waals surface area contributed by atoms with Crippen molar-refractivity contribution in [3.63, 3.8) is 0 Å². The monoisotopic (exact) mass is 561 g/mol. The van der Waals surface area contributed by atoms with Crippen LogP contribution in [-0.2, 0) is 20.7 Å². The molecule has 1 aromatic carbocycles. The van der Waals surface area contributed by atoms with Crippen molar-refractivity contribution in [3.8, 4) is 5.75 Å². The van der Waals surface area contributed by atoms with E-state index in [2.05, 4.69) is 44.5 Å². The Balaban J connectivity index is 2.28. The van der Waals surface area contributed by atoms with Gasteiger partial charge in [-0.25, -0.2) is 4.79 Å². The molecule has 8 nitrogen and oxygen atoms in total. The smallest absolute Gasteiger partial charge is 0.408 e. The second-order valence-corrected chi connectivity index (χ2v) is 18.3. The van der Waals surface area contributed by atoms with Crippen molar-refractivity contribution in [2.24, 2.45) is 5.92 Å². The second kappa shape index (κ2) is 13.2. The normalized spacial score (nSPS) is 16.3. The lowest BCUT2D eigenvalue weighted by atomic mass is 10.00. The van der Waals surface area contributed by atoms with Crippen LogP contribution in [0, 0.1) is 5.92 Å². The topological polar surface area (TPSA) is 97.0 Å². The lowest BCUT2D eigenvalue weighted by Gasteiger charge is -2.36. The number of hydrogen-bond acceptors (Lipinski definition) is 5. The van der Waals surface area contributed by atoms with Gasteiger partial charge in [0.2, 0.25) is 20.1 Å². The highest BCUT2D eigenvalue weighted by atomic mass is 28.4. The van der Waals surface area contributed by atoms with Crippen LogP contribution in [0.3, 0.4) is 0 Å². The summed E-state index contributed by atoms with van der Waals surface area (Å²) in [5, 5.41) is 5.72. The molecule has 0 aromatic heterocycles. The number of carbonyl (C=O) groups is 3. The molecule has 1 fully saturated rings. The van der Waals surface area contributed by atoms with E-state index in [0.29, 0.717) is 19.5 Å². The zero-order valence-corrected chi connectivity index (χ0v) is 26.8. The fourth-order valence-electron chi connectivity index (χ4n) is 4.19. The molecule has 0 radical (unpaired) electrons. The zero-order chi connectivity index (χ0) is 29.6. The van der Waals surface area contributed by atoms with Crippen molar-refractivity contribution in [3.05, 3.63) is 29.8 Å². The van der Waals surface area contributed by atoms with E-state index in [-0.39, 0.29) is 16.9 Å². The highest BCUT2D eigenvalue weighted by molar-refractivity contribution is 6.74. The van der Waals surface area contributed by atoms with E-state index >= 15 is 0 Å². The minimum Gasteiger partial charge on any atom is -0.543 e. The molecule has 9 heteroatoms. The molecule has 1 heterocycles. The molecule has 2 N–H and O–H groups in total. The number of hydrogen-bond donors (Lipinski definition) is 2. The minimum atomic E-state index is -2.04. The second-order valence-electron chi connectivity index (χ2n) is 13.5. The van der Waals surface area contributed by atoms with Gasteiger partial charge in [0.1, 0.15) is 23.4 Å². The molecule has 2 rings (SSSR count). The lowest BCUT2D eigenvalue weighted by Crippen LogP contribution is -2.57. The van der Waals surface area contributed by atoms with Gasteiger partial charge in [-0.3, -0.25) is 9.59 Å². The van der Waals surface area contributed by atoms with E-state index in [4.69, 9.17) is 9.16 Å². The van der Waals surface area contributed by atoms with Gasteiger partial charge < -0.3 is 24.7 Å². The van der Waals surface area contributed by atoms with Crippen LogP contribution < -0.4 is 15.1 Å². The molecular weight excluding hydrogens is 510 g/mol. The summed E-state index contributed by atoms with van der Waals surface area (Å²) in [4.78, 5) is 41.4. The van der Waals surface area contributed by atoms with Crippen molar-refractivity contribution < 1.29 is 23.5 Å². The molecule has 2 atom stereocenters. The zero-order valence-electron chi connectivity index (χ0n) is 25.8. The van der Waals surface area contributed by atoms with Gasteiger partial charge in [0.05, 0.1) is 0 Å². The Labute approximate surface area is 236 Å². The fraction of sp³-hybridized carbons (Fsp3) is 0.700. The van der Waals surface area contributed by atoms with Gasteiger partial charge in [0.15, 0.2) is 0 Å². The molecule has 0 saturated carbocycles. The summed E-state index contributed by atoms with van der Waals surface area (Å²) < 4.78 is 11.9. The summed E-state index contributed by atoms with van der Waals surface area (Å²) in [6.07, 6.45) is 2.68. The number of nitrogens with one attached hydrogen (secondary N) is 2. The molecule has 0 bridgehead atoms. The van der Waals surface area contributed by atoms with Gasteiger partial charge in [0, 0.05) is 19.5 Å². The average Bonchev–Trinajstić information content (AvgIpc) is 2.80. The van der Waals surface area contributed by atoms with Crippen LogP contribution in [0.5, 0.6) is 5.75 Å². The molecule has 1 aromatic rings. The molecular formula is C30H51N3O5Si. The standard InChI is InChI=1S/C30H51N3O5Si/c1-21(2)25(32-28(36)37-29(3,4)5)26(34)31-24(27(35)33-17-12-11-13-18-33)20-22-15-14-16-23(19-22)38-39(9,10)30(6,7)8/h14-16,19,21,24-25H,11-13,17-18,20H2,1-10H3,(H,31,34)(H,32,36)/t24-,25-/m0/s1. The SMILES string of the molecule is CC(C)[C@H](NC(=O)OC(C)(C)C)C(=O)N[C@@H](Cc1cccc(O[Si](C)(C)C(C)(C)C)c1)C(=O)N1CCCCC1. The van der Waals surface area contributed by atoms with Crippen molar-refractivity contribution >= 4 is 26.2 Å². The summed E-state index contributed by atoms with van der Waals surface area (Å²) in [5.74, 6) is 0.0734. The van der Waals surface area contributed by atoms with Gasteiger partial charge in [-0.15, -0.1) is 0 Å². The van der Waals surface area contributed by atoms with Crippen molar-refractivity contribution in [2.75, 3.05) is 13.1 Å². The van der Waals surface area contributed by atoms with Crippen molar-refractivity contribution in [1.29, 1.82) is 0 Å². The Morgan fingerprint density at radius 3 is 2.13 bits per heavy atom. The number of likely N-dealkylation sites (tertiary alicyclic amines) is 1. The first-order valence-corrected chi connectivity index (χ1v) is 17.2. The number of carbonyl (C=O) groups excluding carboxylic acids is 3. The van der Waals surface area contributed by atoms with Gasteiger partial charge >= 0.3 is 6.09 Å². The minimum absolute atomic E-state index is 0.0523. The molecule has 39 heavy (non-hydrogen) atoms. The predicted molar refractivity (Wildman–Crippen MR) is 158 cm³/mol. The van der Waals surface area contributed by atoms with Gasteiger partial charge in [-0.05, 0) is 81.8 Å². The molecule has 3 amide bonds. The van der Waals surface area contributed by atoms with Crippen molar-refractivity contribution in [1.82, 2.24) is 15.5 Å². The highest BCUT2D eigenvalue weighted by Crippen LogP contribution is 2.37. The quantitative estimate of drug-likeness (QED) is 0.379. The lowest BCUT2D eigenvalue weighted by molar-refractivity contribution is -0.137. The number of amides is 3. The van der Waals surface area contributed by atoms with Crippen LogP contribution in [0.1, 0.15) is 80.2 Å². The van der Waals surface area contributed by atoms with Gasteiger partial charge in [0.25, 0.3) is 0 Å². The summed E-state index contributed by atoms with van der Waals surface area (Å²) in [6, 6.07) is 6.21. The highest BCUT2D eigenvalue weighted by Gasteiger charge is 2.39. The van der Waals surface area contributed by atoms with Crippen LogP contribution in [0.15, 0.2) is 24.3 Å². The van der Waals surface area contributed by atoms with Crippen LogP contribution in [0.4, 0.5) is 4.79 Å². The molecule has 1 aliphatic heterocycles. The van der Waals surface area contributed by atoms with Crippen LogP contribution in [0.25, 0.3) is 0 Å². The van der Waals surface area contributed by atoms with Gasteiger partial charge in [-0.1, -0.05) is 46.8 Å². The molecule has 220 valence electrons. The van der Waals surface area contributed by atoms with Crippen LogP contribution in [0.2, 0.25) is 18.1 Å². The number of nitrogens with zero attached hydrogens (tertiary/aromatic N) is 1. The summed E-state index contributed by atoms with van der Waals surface area (Å²) in [7, 11) is -2.04. The first-order chi connectivity index (χ1) is 17.9. The number of rotatable bonds is 9. The molecule has 1 saturated heterocycles. The number of alkyl carbamates (subject to hydrolysis) is 1. The number of piperidine rings is 1. The third-order valence-corrected chi connectivity index (χ3v) is 11.8. The van der Waals surface area contributed by atoms with Crippen LogP contribution in [-0.4, -0.2) is 61.9 Å². The largest absolute Gasteiger partial charge is 0.543 e. The predicted octanol–water partition coefficient (Wildman–Crippen LogP) is 5.66. The summed E-state index contributed by atoms with van der Waals surface area (Å²) >= 11 is 0. The summed E-state index contributed by atoms with van der Waals surface area (Å²) in [6.45, 7) is 21.4. The first kappa shape index (κ1) is 32.7. The number of benzene rings is 1. The van der Waals surface area contributed by atoms with E-state index in [1.165, 1.54) is 0 Å². The van der Waals surface area contributed by atoms with E-state index in [1.807, 2.05) is 43.0 Å². The third-order valence-electron chi connectivity index (χ3n) is 7.42. The Bertz CT molecular complexity index is 991. The van der Waals surface area contributed by atoms with Crippen LogP contribution >= 0.6 is 0 Å². The Morgan fingerprint density at radius 2 is 1.59 bits per heavy atom. The Kier molecular flexibility index (Phi) is 11.1. The maximum atomic E-state index is 13.7. The Hall–Kier alpha value is -2.55. The Morgan fingerprint density at radius 1 is 0.974 bits per heavy atom. The fourth-order valence-corrected chi connectivity index (χ4v) is 5.21. The molecule has 0 spiro atoms. The maximum absolute atomic E-state index is 13.7. The summed E-state index contributed by atoms with van der Waals surface area (Å²) in [5.41, 5.74) is 0.217. The number of ether oxygens (including phenoxy) is 1. The third kappa shape index (κ3) is 10.2. The van der Waals surface area contributed by atoms with Gasteiger partial charge in [-0.2, -0.15) is 0 Å².